The van der Waals surface area contributed by atoms with Gasteiger partial charge in [-0.15, -0.1) is 0 Å². The van der Waals surface area contributed by atoms with Crippen molar-refractivity contribution in [3.8, 4) is 0 Å². The lowest BCUT2D eigenvalue weighted by Gasteiger charge is -2.27. The van der Waals surface area contributed by atoms with Crippen LogP contribution < -0.4 is 0 Å². The van der Waals surface area contributed by atoms with Crippen molar-refractivity contribution in [3.63, 3.8) is 0 Å². The average molecular weight is 375 g/mol. The first-order chi connectivity index (χ1) is 12.8. The first-order valence-electron chi connectivity index (χ1n) is 9.29. The number of carbonyl (C=O) groups is 2. The molecule has 0 saturated carbocycles. The third kappa shape index (κ3) is 7.83. The molecule has 1 aliphatic rings. The van der Waals surface area contributed by atoms with Gasteiger partial charge in [0, 0.05) is 6.54 Å². The highest BCUT2D eigenvalue weighted by Gasteiger charge is 2.30. The van der Waals surface area contributed by atoms with Crippen molar-refractivity contribution in [2.75, 3.05) is 19.8 Å². The molecule has 27 heavy (non-hydrogen) atoms. The Labute approximate surface area is 161 Å². The monoisotopic (exact) mass is 375 g/mol. The largest absolute Gasteiger partial charge is 0.460 e. The lowest BCUT2D eigenvalue weighted by molar-refractivity contribution is -0.148. The van der Waals surface area contributed by atoms with Gasteiger partial charge in [-0.1, -0.05) is 36.4 Å². The second-order valence-corrected chi connectivity index (χ2v) is 7.47. The molecular weight excluding hydrogens is 346 g/mol. The first kappa shape index (κ1) is 21.0. The quantitative estimate of drug-likeness (QED) is 0.537. The summed E-state index contributed by atoms with van der Waals surface area (Å²) in [5.41, 5.74) is 0.497. The molecule has 148 valence electrons. The topological polar surface area (TPSA) is 65.1 Å². The molecule has 0 aromatic heterocycles. The van der Waals surface area contributed by atoms with Crippen LogP contribution in [0.1, 0.15) is 39.2 Å². The Balaban J connectivity index is 1.67. The highest BCUT2D eigenvalue weighted by atomic mass is 16.6. The van der Waals surface area contributed by atoms with Gasteiger partial charge in [0.15, 0.2) is 0 Å². The summed E-state index contributed by atoms with van der Waals surface area (Å²) in [5.74, 6) is -0.411. The van der Waals surface area contributed by atoms with Crippen molar-refractivity contribution in [2.45, 2.75) is 51.9 Å². The van der Waals surface area contributed by atoms with Gasteiger partial charge >= 0.3 is 12.1 Å². The van der Waals surface area contributed by atoms with Crippen LogP contribution in [0.4, 0.5) is 4.79 Å². The number of amides is 1. The van der Waals surface area contributed by atoms with Crippen molar-refractivity contribution in [1.82, 2.24) is 4.90 Å². The molecule has 2 rings (SSSR count). The summed E-state index contributed by atoms with van der Waals surface area (Å²) in [5, 5.41) is 0. The Kier molecular flexibility index (Phi) is 7.85. The molecule has 1 amide bonds. The molecular formula is C21H29NO5. The number of benzene rings is 1. The average Bonchev–Trinajstić information content (AvgIpc) is 3.07. The summed E-state index contributed by atoms with van der Waals surface area (Å²) in [7, 11) is 0. The zero-order chi connectivity index (χ0) is 19.7. The van der Waals surface area contributed by atoms with Crippen LogP contribution >= 0.6 is 0 Å². The molecule has 0 spiro atoms. The Bertz CT molecular complexity index is 636. The van der Waals surface area contributed by atoms with Gasteiger partial charge in [0.25, 0.3) is 0 Å². The Morgan fingerprint density at radius 2 is 1.96 bits per heavy atom. The fourth-order valence-corrected chi connectivity index (χ4v) is 2.76. The van der Waals surface area contributed by atoms with Gasteiger partial charge in [-0.25, -0.2) is 9.59 Å². The summed E-state index contributed by atoms with van der Waals surface area (Å²) in [6, 6.07) is 9.63. The van der Waals surface area contributed by atoms with Crippen LogP contribution in [0, 0.1) is 0 Å². The molecule has 1 atom stereocenters. The van der Waals surface area contributed by atoms with E-state index in [1.54, 1.807) is 11.0 Å². The maximum absolute atomic E-state index is 12.2. The number of carbonyl (C=O) groups excluding carboxylic acids is 2. The minimum atomic E-state index is -0.511. The van der Waals surface area contributed by atoms with E-state index >= 15 is 0 Å². The lowest BCUT2D eigenvalue weighted by Crippen LogP contribution is -2.39. The van der Waals surface area contributed by atoms with Crippen molar-refractivity contribution < 1.29 is 23.8 Å². The summed E-state index contributed by atoms with van der Waals surface area (Å²) in [6.07, 6.45) is 5.17. The minimum absolute atomic E-state index is 0.0205. The van der Waals surface area contributed by atoms with Crippen molar-refractivity contribution in [3.05, 3.63) is 48.0 Å². The number of hydrogen-bond acceptors (Lipinski definition) is 5. The number of ether oxygens (including phenoxy) is 3. The molecule has 0 radical (unpaired) electrons. The van der Waals surface area contributed by atoms with Crippen molar-refractivity contribution in [2.24, 2.45) is 0 Å². The van der Waals surface area contributed by atoms with E-state index in [2.05, 4.69) is 0 Å². The highest BCUT2D eigenvalue weighted by molar-refractivity contribution is 5.71. The van der Waals surface area contributed by atoms with Crippen LogP contribution in [-0.4, -0.2) is 48.4 Å². The lowest BCUT2D eigenvalue weighted by atomic mass is 10.2. The molecule has 1 aromatic rings. The van der Waals surface area contributed by atoms with E-state index < -0.39 is 11.6 Å². The third-order valence-corrected chi connectivity index (χ3v) is 3.96. The van der Waals surface area contributed by atoms with Gasteiger partial charge in [0.05, 0.1) is 12.6 Å². The maximum atomic E-state index is 12.2. The van der Waals surface area contributed by atoms with E-state index in [-0.39, 0.29) is 25.3 Å². The zero-order valence-corrected chi connectivity index (χ0v) is 16.3. The Morgan fingerprint density at radius 1 is 1.22 bits per heavy atom. The van der Waals surface area contributed by atoms with Crippen LogP contribution in [-0.2, 0) is 25.6 Å². The van der Waals surface area contributed by atoms with E-state index in [0.29, 0.717) is 13.2 Å². The number of esters is 1. The molecule has 0 unspecified atom stereocenters. The third-order valence-electron chi connectivity index (χ3n) is 3.96. The van der Waals surface area contributed by atoms with Gasteiger partial charge < -0.3 is 19.1 Å². The molecule has 6 heteroatoms. The second-order valence-electron chi connectivity index (χ2n) is 7.47. The predicted octanol–water partition coefficient (Wildman–Crippen LogP) is 3.70. The van der Waals surface area contributed by atoms with Crippen LogP contribution in [0.5, 0.6) is 0 Å². The fourth-order valence-electron chi connectivity index (χ4n) is 2.76. The van der Waals surface area contributed by atoms with E-state index in [4.69, 9.17) is 14.2 Å². The van der Waals surface area contributed by atoms with Crippen molar-refractivity contribution >= 4 is 12.1 Å². The van der Waals surface area contributed by atoms with Gasteiger partial charge in [0.1, 0.15) is 18.8 Å². The smallest absolute Gasteiger partial charge is 0.410 e. The minimum Gasteiger partial charge on any atom is -0.460 e. The number of rotatable bonds is 7. The standard InChI is InChI=1S/C21H29NO5/c1-21(2,3)27-20(24)22-13-7-11-18(22)12-8-14-26-19(23)16-25-15-17-9-5-4-6-10-17/h4-6,8-10,12,18H,7,11,13-16H2,1-3H3/b12-8+/t18-/m0/s1. The second kappa shape index (κ2) is 10.1. The molecule has 0 N–H and O–H groups in total. The molecule has 0 aliphatic carbocycles. The molecule has 6 nitrogen and oxygen atoms in total. The molecule has 1 fully saturated rings. The normalized spacial score (nSPS) is 17.3. The number of hydrogen-bond donors (Lipinski definition) is 0. The molecule has 1 aromatic carbocycles. The van der Waals surface area contributed by atoms with Crippen LogP contribution in [0.25, 0.3) is 0 Å². The summed E-state index contributed by atoms with van der Waals surface area (Å²) in [4.78, 5) is 25.6. The Morgan fingerprint density at radius 3 is 2.67 bits per heavy atom. The first-order valence-corrected chi connectivity index (χ1v) is 9.29. The summed E-state index contributed by atoms with van der Waals surface area (Å²) < 4.78 is 15.9. The number of likely N-dealkylation sites (tertiary alicyclic amines) is 1. The van der Waals surface area contributed by atoms with E-state index in [1.165, 1.54) is 0 Å². The van der Waals surface area contributed by atoms with Crippen LogP contribution in [0.2, 0.25) is 0 Å². The van der Waals surface area contributed by atoms with Gasteiger partial charge in [-0.2, -0.15) is 0 Å². The number of nitrogens with zero attached hydrogens (tertiary/aromatic N) is 1. The van der Waals surface area contributed by atoms with Crippen molar-refractivity contribution in [1.29, 1.82) is 0 Å². The van der Waals surface area contributed by atoms with E-state index in [1.807, 2.05) is 57.2 Å². The van der Waals surface area contributed by atoms with Gasteiger partial charge in [0.2, 0.25) is 0 Å². The highest BCUT2D eigenvalue weighted by Crippen LogP contribution is 2.21. The molecule has 1 saturated heterocycles. The van der Waals surface area contributed by atoms with E-state index in [9.17, 15) is 9.59 Å². The predicted molar refractivity (Wildman–Crippen MR) is 102 cm³/mol. The SMILES string of the molecule is CC(C)(C)OC(=O)N1CCC[C@H]1/C=C/COC(=O)COCc1ccccc1. The molecule has 1 heterocycles. The Hall–Kier alpha value is -2.34. The molecule has 0 bridgehead atoms. The fraction of sp³-hybridized carbons (Fsp3) is 0.524. The zero-order valence-electron chi connectivity index (χ0n) is 16.3. The van der Waals surface area contributed by atoms with Gasteiger partial charge in [-0.05, 0) is 45.3 Å². The van der Waals surface area contributed by atoms with E-state index in [0.717, 1.165) is 18.4 Å². The van der Waals surface area contributed by atoms with Crippen LogP contribution in [0.15, 0.2) is 42.5 Å². The van der Waals surface area contributed by atoms with Gasteiger partial charge in [-0.3, -0.25) is 0 Å². The summed E-state index contributed by atoms with van der Waals surface area (Å²) in [6.45, 7) is 6.68. The summed E-state index contributed by atoms with van der Waals surface area (Å²) >= 11 is 0. The maximum Gasteiger partial charge on any atom is 0.410 e. The molecule has 1 aliphatic heterocycles. The van der Waals surface area contributed by atoms with Crippen LogP contribution in [0.3, 0.4) is 0 Å².